The van der Waals surface area contributed by atoms with E-state index in [4.69, 9.17) is 10.3 Å². The first-order valence-corrected chi connectivity index (χ1v) is 15.1. The smallest absolute Gasteiger partial charge is 0.266 e. The van der Waals surface area contributed by atoms with Crippen molar-refractivity contribution in [1.29, 1.82) is 0 Å². The van der Waals surface area contributed by atoms with E-state index in [1.54, 1.807) is 47.4 Å². The topological polar surface area (TPSA) is 178 Å². The summed E-state index contributed by atoms with van der Waals surface area (Å²) in [6.07, 6.45) is 0. The Morgan fingerprint density at radius 1 is 0.512 bits per heavy atom. The number of sulfonamides is 2. The molecule has 0 atom stereocenters. The molecule has 4 aromatic carbocycles. The molecule has 0 radical (unpaired) electrons. The normalized spacial score (nSPS) is 14.4. The minimum Gasteiger partial charge on any atom is -0.304 e. The van der Waals surface area contributed by atoms with Gasteiger partial charge in [-0.25, -0.2) is 32.0 Å². The number of nitrogens with two attached hydrogens (primary N) is 2. The Balaban J connectivity index is 0.000000165. The van der Waals surface area contributed by atoms with Gasteiger partial charge in [-0.3, -0.25) is 14.4 Å². The molecule has 41 heavy (non-hydrogen) atoms. The summed E-state index contributed by atoms with van der Waals surface area (Å²) in [6, 6.07) is 25.2. The van der Waals surface area contributed by atoms with E-state index < -0.39 is 31.9 Å². The zero-order chi connectivity index (χ0) is 29.5. The van der Waals surface area contributed by atoms with Crippen LogP contribution in [-0.4, -0.2) is 34.6 Å². The van der Waals surface area contributed by atoms with Gasteiger partial charge in [-0.1, -0.05) is 30.3 Å². The summed E-state index contributed by atoms with van der Waals surface area (Å²) in [4.78, 5) is 39.3. The molecular weight excluding hydrogens is 568 g/mol. The van der Waals surface area contributed by atoms with Gasteiger partial charge in [0.15, 0.2) is 0 Å². The van der Waals surface area contributed by atoms with Crippen LogP contribution in [0.3, 0.4) is 0 Å². The number of nitrogens with zero attached hydrogens (tertiary/aromatic N) is 2. The number of imide groups is 1. The molecule has 2 aliphatic heterocycles. The summed E-state index contributed by atoms with van der Waals surface area (Å²) in [6.45, 7) is 0.490. The summed E-state index contributed by atoms with van der Waals surface area (Å²) in [5.74, 6) is -0.943. The zero-order valence-corrected chi connectivity index (χ0v) is 22.8. The molecule has 0 saturated heterocycles. The Kier molecular flexibility index (Phi) is 7.05. The van der Waals surface area contributed by atoms with Crippen LogP contribution < -0.4 is 20.1 Å². The molecule has 2 heterocycles. The maximum Gasteiger partial charge on any atom is 0.266 e. The van der Waals surface area contributed by atoms with Crippen LogP contribution in [-0.2, 0) is 26.6 Å². The molecular formula is C28H22N4O7S2. The van der Waals surface area contributed by atoms with Gasteiger partial charge < -0.3 is 4.90 Å². The Hall–Kier alpha value is -4.69. The maximum atomic E-state index is 12.3. The van der Waals surface area contributed by atoms with Crippen LogP contribution in [0.5, 0.6) is 0 Å². The Morgan fingerprint density at radius 2 is 0.927 bits per heavy atom. The van der Waals surface area contributed by atoms with E-state index >= 15 is 0 Å². The van der Waals surface area contributed by atoms with E-state index in [1.807, 2.05) is 18.2 Å². The van der Waals surface area contributed by atoms with Crippen molar-refractivity contribution in [2.24, 2.45) is 10.3 Å². The lowest BCUT2D eigenvalue weighted by Crippen LogP contribution is -2.29. The highest BCUT2D eigenvalue weighted by Gasteiger charge is 2.36. The SMILES string of the molecule is NS(=O)(=O)c1ccc(N2C(=O)c3ccccc3C2=O)cc1.NS(=O)(=O)c1ccc(N2Cc3ccccc3C2=O)cc1. The van der Waals surface area contributed by atoms with Gasteiger partial charge in [0.25, 0.3) is 17.7 Å². The van der Waals surface area contributed by atoms with Crippen LogP contribution in [0.1, 0.15) is 36.6 Å². The lowest BCUT2D eigenvalue weighted by Gasteiger charge is -2.15. The number of carbonyl (C=O) groups excluding carboxylic acids is 3. The number of hydrogen-bond acceptors (Lipinski definition) is 7. The minimum atomic E-state index is -3.81. The molecule has 4 N–H and O–H groups in total. The van der Waals surface area contributed by atoms with Crippen molar-refractivity contribution < 1.29 is 31.2 Å². The number of amides is 3. The highest BCUT2D eigenvalue weighted by molar-refractivity contribution is 7.89. The summed E-state index contributed by atoms with van der Waals surface area (Å²) in [5.41, 5.74) is 3.26. The van der Waals surface area contributed by atoms with Gasteiger partial charge in [-0.05, 0) is 72.3 Å². The maximum absolute atomic E-state index is 12.3. The van der Waals surface area contributed by atoms with Crippen molar-refractivity contribution in [1.82, 2.24) is 0 Å². The summed E-state index contributed by atoms with van der Waals surface area (Å²) >= 11 is 0. The lowest BCUT2D eigenvalue weighted by atomic mass is 10.1. The molecule has 0 fully saturated rings. The number of carbonyl (C=O) groups is 3. The standard InChI is InChI=1S/C14H10N2O4S.C14H12N2O3S/c15-21(19,20)10-7-5-9(6-8-10)16-13(17)11-3-1-2-4-12(11)14(16)18;15-20(18,19)12-7-5-11(6-8-12)16-9-10-3-1-2-4-13(10)14(16)17/h1-8H,(H2,15,19,20);1-8H,9H2,(H2,15,18,19). The quantitative estimate of drug-likeness (QED) is 0.343. The summed E-state index contributed by atoms with van der Waals surface area (Å²) in [5, 5.41) is 10.1. The highest BCUT2D eigenvalue weighted by Crippen LogP contribution is 2.30. The molecule has 2 aliphatic rings. The third-order valence-electron chi connectivity index (χ3n) is 6.52. The average molecular weight is 591 g/mol. The molecule has 0 spiro atoms. The van der Waals surface area contributed by atoms with Crippen LogP contribution in [0, 0.1) is 0 Å². The molecule has 13 heteroatoms. The number of fused-ring (bicyclic) bond motifs is 2. The summed E-state index contributed by atoms with van der Waals surface area (Å²) in [7, 11) is -7.53. The second kappa shape index (κ2) is 10.4. The second-order valence-electron chi connectivity index (χ2n) is 9.12. The van der Waals surface area contributed by atoms with Crippen LogP contribution in [0.2, 0.25) is 0 Å². The van der Waals surface area contributed by atoms with Crippen LogP contribution >= 0.6 is 0 Å². The third-order valence-corrected chi connectivity index (χ3v) is 8.37. The van der Waals surface area contributed by atoms with Gasteiger partial charge in [-0.15, -0.1) is 0 Å². The van der Waals surface area contributed by atoms with Crippen molar-refractivity contribution in [3.63, 3.8) is 0 Å². The predicted octanol–water partition coefficient (Wildman–Crippen LogP) is 2.63. The lowest BCUT2D eigenvalue weighted by molar-refractivity contribution is 0.0924. The molecule has 0 aromatic heterocycles. The molecule has 208 valence electrons. The molecule has 4 aromatic rings. The molecule has 11 nitrogen and oxygen atoms in total. The number of hydrogen-bond donors (Lipinski definition) is 2. The van der Waals surface area contributed by atoms with Crippen molar-refractivity contribution in [3.05, 3.63) is 119 Å². The van der Waals surface area contributed by atoms with Crippen LogP contribution in [0.15, 0.2) is 107 Å². The van der Waals surface area contributed by atoms with E-state index in [0.29, 0.717) is 34.6 Å². The van der Waals surface area contributed by atoms with Gasteiger partial charge in [-0.2, -0.15) is 0 Å². The number of anilines is 2. The van der Waals surface area contributed by atoms with Crippen LogP contribution in [0.4, 0.5) is 11.4 Å². The van der Waals surface area contributed by atoms with E-state index in [0.717, 1.165) is 10.5 Å². The fourth-order valence-electron chi connectivity index (χ4n) is 4.49. The molecule has 3 amide bonds. The number of primary sulfonamides is 2. The first-order chi connectivity index (χ1) is 19.4. The van der Waals surface area contributed by atoms with Gasteiger partial charge in [0, 0.05) is 11.3 Å². The first kappa shape index (κ1) is 27.9. The molecule has 6 rings (SSSR count). The summed E-state index contributed by atoms with van der Waals surface area (Å²) < 4.78 is 44.8. The van der Waals surface area contributed by atoms with Gasteiger partial charge in [0.1, 0.15) is 0 Å². The first-order valence-electron chi connectivity index (χ1n) is 12.0. The van der Waals surface area contributed by atoms with E-state index in [9.17, 15) is 31.2 Å². The fraction of sp³-hybridized carbons (Fsp3) is 0.0357. The third kappa shape index (κ3) is 5.38. The zero-order valence-electron chi connectivity index (χ0n) is 21.2. The Morgan fingerprint density at radius 3 is 1.37 bits per heavy atom. The predicted molar refractivity (Wildman–Crippen MR) is 150 cm³/mol. The second-order valence-corrected chi connectivity index (χ2v) is 12.2. The number of benzene rings is 4. The van der Waals surface area contributed by atoms with Gasteiger partial charge in [0.05, 0.1) is 33.2 Å². The van der Waals surface area contributed by atoms with Gasteiger partial charge >= 0.3 is 0 Å². The highest BCUT2D eigenvalue weighted by atomic mass is 32.2. The average Bonchev–Trinajstić information content (AvgIpc) is 3.42. The van der Waals surface area contributed by atoms with E-state index in [-0.39, 0.29) is 15.7 Å². The van der Waals surface area contributed by atoms with Crippen molar-refractivity contribution >= 4 is 49.1 Å². The van der Waals surface area contributed by atoms with E-state index in [1.165, 1.54) is 36.4 Å². The molecule has 0 saturated carbocycles. The van der Waals surface area contributed by atoms with E-state index in [2.05, 4.69) is 0 Å². The Bertz CT molecular complexity index is 1890. The monoisotopic (exact) mass is 590 g/mol. The van der Waals surface area contributed by atoms with Crippen LogP contribution in [0.25, 0.3) is 0 Å². The largest absolute Gasteiger partial charge is 0.304 e. The van der Waals surface area contributed by atoms with Crippen molar-refractivity contribution in [3.8, 4) is 0 Å². The number of rotatable bonds is 4. The molecule has 0 aliphatic carbocycles. The minimum absolute atomic E-state index is 0.0328. The van der Waals surface area contributed by atoms with Crippen molar-refractivity contribution in [2.75, 3.05) is 9.80 Å². The molecule has 0 bridgehead atoms. The Labute approximate surface area is 235 Å². The van der Waals surface area contributed by atoms with Crippen molar-refractivity contribution in [2.45, 2.75) is 16.3 Å². The fourth-order valence-corrected chi connectivity index (χ4v) is 5.52. The molecule has 0 unspecified atom stereocenters. The van der Waals surface area contributed by atoms with Gasteiger partial charge in [0.2, 0.25) is 20.0 Å².